The van der Waals surface area contributed by atoms with Gasteiger partial charge in [-0.3, -0.25) is 0 Å². The standard InChI is InChI=1S/C17H15IN2O/c18-14-5-3-6-15(11-14)21-17-13(8-9-19)10-12-4-1-2-7-16(12)20-17/h1-7,10-11H,8-9,19H2. The normalized spacial score (nSPS) is 10.8. The second-order valence-electron chi connectivity index (χ2n) is 4.74. The zero-order chi connectivity index (χ0) is 14.7. The Kier molecular flexibility index (Phi) is 4.36. The average Bonchev–Trinajstić information content (AvgIpc) is 2.48. The number of fused-ring (bicyclic) bond motifs is 1. The topological polar surface area (TPSA) is 48.1 Å². The first-order valence-electron chi connectivity index (χ1n) is 6.78. The van der Waals surface area contributed by atoms with Gasteiger partial charge < -0.3 is 10.5 Å². The highest BCUT2D eigenvalue weighted by atomic mass is 127. The van der Waals surface area contributed by atoms with E-state index in [1.54, 1.807) is 0 Å². The number of rotatable bonds is 4. The van der Waals surface area contributed by atoms with Crippen molar-refractivity contribution in [2.24, 2.45) is 5.73 Å². The van der Waals surface area contributed by atoms with E-state index in [0.29, 0.717) is 12.4 Å². The Morgan fingerprint density at radius 2 is 1.90 bits per heavy atom. The quantitative estimate of drug-likeness (QED) is 0.682. The fraction of sp³-hybridized carbons (Fsp3) is 0.118. The molecule has 0 saturated carbocycles. The van der Waals surface area contributed by atoms with E-state index < -0.39 is 0 Å². The highest BCUT2D eigenvalue weighted by molar-refractivity contribution is 14.1. The number of pyridine rings is 1. The van der Waals surface area contributed by atoms with Crippen LogP contribution < -0.4 is 10.5 Å². The molecule has 0 atom stereocenters. The number of aromatic nitrogens is 1. The molecule has 0 aliphatic heterocycles. The molecule has 21 heavy (non-hydrogen) atoms. The lowest BCUT2D eigenvalue weighted by molar-refractivity contribution is 0.458. The first kappa shape index (κ1) is 14.3. The Balaban J connectivity index is 2.04. The number of nitrogens with two attached hydrogens (primary N) is 1. The maximum atomic E-state index is 5.98. The van der Waals surface area contributed by atoms with Gasteiger partial charge in [-0.25, -0.2) is 4.98 Å². The van der Waals surface area contributed by atoms with Gasteiger partial charge in [0.25, 0.3) is 0 Å². The molecule has 0 aliphatic rings. The van der Waals surface area contributed by atoms with E-state index in [4.69, 9.17) is 10.5 Å². The van der Waals surface area contributed by atoms with Gasteiger partial charge in [-0.15, -0.1) is 0 Å². The number of para-hydroxylation sites is 1. The van der Waals surface area contributed by atoms with Gasteiger partial charge in [0.2, 0.25) is 5.88 Å². The highest BCUT2D eigenvalue weighted by Gasteiger charge is 2.09. The Morgan fingerprint density at radius 3 is 2.71 bits per heavy atom. The zero-order valence-corrected chi connectivity index (χ0v) is 13.6. The van der Waals surface area contributed by atoms with Crippen molar-refractivity contribution >= 4 is 33.5 Å². The molecule has 1 aromatic heterocycles. The predicted octanol–water partition coefficient (Wildman–Crippen LogP) is 4.13. The van der Waals surface area contributed by atoms with Gasteiger partial charge in [-0.05, 0) is 65.9 Å². The van der Waals surface area contributed by atoms with Crippen LogP contribution in [-0.2, 0) is 6.42 Å². The molecule has 106 valence electrons. The molecule has 0 spiro atoms. The van der Waals surface area contributed by atoms with Crippen molar-refractivity contribution in [3.05, 3.63) is 63.7 Å². The van der Waals surface area contributed by atoms with Gasteiger partial charge in [0.1, 0.15) is 5.75 Å². The van der Waals surface area contributed by atoms with Crippen molar-refractivity contribution in [1.29, 1.82) is 0 Å². The number of benzene rings is 2. The largest absolute Gasteiger partial charge is 0.439 e. The van der Waals surface area contributed by atoms with Crippen LogP contribution in [0.4, 0.5) is 0 Å². The smallest absolute Gasteiger partial charge is 0.223 e. The molecule has 0 radical (unpaired) electrons. The van der Waals surface area contributed by atoms with Crippen LogP contribution in [0, 0.1) is 3.57 Å². The van der Waals surface area contributed by atoms with E-state index in [0.717, 1.165) is 32.2 Å². The monoisotopic (exact) mass is 390 g/mol. The zero-order valence-electron chi connectivity index (χ0n) is 11.4. The molecule has 1 heterocycles. The fourth-order valence-corrected chi connectivity index (χ4v) is 2.72. The first-order chi connectivity index (χ1) is 10.3. The molecule has 2 N–H and O–H groups in total. The molecule has 0 amide bonds. The van der Waals surface area contributed by atoms with E-state index in [9.17, 15) is 0 Å². The summed E-state index contributed by atoms with van der Waals surface area (Å²) in [5, 5.41) is 1.11. The maximum Gasteiger partial charge on any atom is 0.223 e. The first-order valence-corrected chi connectivity index (χ1v) is 7.86. The van der Waals surface area contributed by atoms with Gasteiger partial charge in [-0.2, -0.15) is 0 Å². The molecule has 0 unspecified atom stereocenters. The molecular formula is C17H15IN2O. The fourth-order valence-electron chi connectivity index (χ4n) is 2.21. The van der Waals surface area contributed by atoms with Crippen LogP contribution in [-0.4, -0.2) is 11.5 Å². The Hall–Kier alpha value is -1.66. The summed E-state index contributed by atoms with van der Waals surface area (Å²) in [5.41, 5.74) is 7.67. The summed E-state index contributed by atoms with van der Waals surface area (Å²) in [6, 6.07) is 18.1. The summed E-state index contributed by atoms with van der Waals surface area (Å²) in [5.74, 6) is 1.43. The molecule has 3 rings (SSSR count). The highest BCUT2D eigenvalue weighted by Crippen LogP contribution is 2.28. The lowest BCUT2D eigenvalue weighted by Gasteiger charge is -2.11. The van der Waals surface area contributed by atoms with E-state index in [-0.39, 0.29) is 0 Å². The maximum absolute atomic E-state index is 5.98. The lowest BCUT2D eigenvalue weighted by Crippen LogP contribution is -2.05. The minimum Gasteiger partial charge on any atom is -0.439 e. The Morgan fingerprint density at radius 1 is 1.05 bits per heavy atom. The Bertz CT molecular complexity index is 774. The van der Waals surface area contributed by atoms with Crippen LogP contribution in [0.5, 0.6) is 11.6 Å². The van der Waals surface area contributed by atoms with E-state index in [1.807, 2.05) is 42.5 Å². The third-order valence-corrected chi connectivity index (χ3v) is 3.86. The van der Waals surface area contributed by atoms with Gasteiger partial charge in [0, 0.05) is 14.5 Å². The van der Waals surface area contributed by atoms with E-state index in [2.05, 4.69) is 39.7 Å². The average molecular weight is 390 g/mol. The minimum atomic E-state index is 0.572. The third kappa shape index (κ3) is 3.33. The summed E-state index contributed by atoms with van der Waals surface area (Å²) in [4.78, 5) is 4.64. The molecule has 3 nitrogen and oxygen atoms in total. The van der Waals surface area contributed by atoms with Crippen molar-refractivity contribution in [3.8, 4) is 11.6 Å². The van der Waals surface area contributed by atoms with Gasteiger partial charge in [-0.1, -0.05) is 24.3 Å². The van der Waals surface area contributed by atoms with E-state index in [1.165, 1.54) is 0 Å². The number of nitrogens with zero attached hydrogens (tertiary/aromatic N) is 1. The van der Waals surface area contributed by atoms with Crippen molar-refractivity contribution in [2.75, 3.05) is 6.54 Å². The molecule has 2 aromatic carbocycles. The van der Waals surface area contributed by atoms with Crippen molar-refractivity contribution in [1.82, 2.24) is 4.98 Å². The lowest BCUT2D eigenvalue weighted by atomic mass is 10.1. The molecular weight excluding hydrogens is 375 g/mol. The van der Waals surface area contributed by atoms with Crippen LogP contribution in [0.3, 0.4) is 0 Å². The van der Waals surface area contributed by atoms with Crippen molar-refractivity contribution < 1.29 is 4.74 Å². The number of hydrogen-bond acceptors (Lipinski definition) is 3. The molecule has 0 fully saturated rings. The van der Waals surface area contributed by atoms with E-state index >= 15 is 0 Å². The summed E-state index contributed by atoms with van der Waals surface area (Å²) in [6.07, 6.45) is 0.747. The molecule has 4 heteroatoms. The SMILES string of the molecule is NCCc1cc2ccccc2nc1Oc1cccc(I)c1. The third-order valence-electron chi connectivity index (χ3n) is 3.19. The van der Waals surface area contributed by atoms with Gasteiger partial charge >= 0.3 is 0 Å². The predicted molar refractivity (Wildman–Crippen MR) is 93.7 cm³/mol. The minimum absolute atomic E-state index is 0.572. The molecule has 0 aliphatic carbocycles. The van der Waals surface area contributed by atoms with Crippen molar-refractivity contribution in [2.45, 2.75) is 6.42 Å². The second-order valence-corrected chi connectivity index (χ2v) is 5.99. The molecule has 0 saturated heterocycles. The van der Waals surface area contributed by atoms with Crippen LogP contribution in [0.1, 0.15) is 5.56 Å². The Labute approximate surface area is 137 Å². The summed E-state index contributed by atoms with van der Waals surface area (Å²) in [7, 11) is 0. The summed E-state index contributed by atoms with van der Waals surface area (Å²) >= 11 is 2.27. The number of ether oxygens (including phenoxy) is 1. The number of halogens is 1. The van der Waals surface area contributed by atoms with Crippen LogP contribution in [0.25, 0.3) is 10.9 Å². The van der Waals surface area contributed by atoms with Crippen LogP contribution in [0.15, 0.2) is 54.6 Å². The summed E-state index contributed by atoms with van der Waals surface area (Å²) < 4.78 is 7.11. The summed E-state index contributed by atoms with van der Waals surface area (Å²) in [6.45, 7) is 0.572. The van der Waals surface area contributed by atoms with Crippen LogP contribution >= 0.6 is 22.6 Å². The van der Waals surface area contributed by atoms with Crippen LogP contribution in [0.2, 0.25) is 0 Å². The van der Waals surface area contributed by atoms with Gasteiger partial charge in [0.15, 0.2) is 0 Å². The van der Waals surface area contributed by atoms with Crippen molar-refractivity contribution in [3.63, 3.8) is 0 Å². The molecule has 3 aromatic rings. The van der Waals surface area contributed by atoms with Gasteiger partial charge in [0.05, 0.1) is 5.52 Å². The number of hydrogen-bond donors (Lipinski definition) is 1. The second kappa shape index (κ2) is 6.41. The molecule has 0 bridgehead atoms.